The summed E-state index contributed by atoms with van der Waals surface area (Å²) >= 11 is 0. The van der Waals surface area contributed by atoms with Crippen LogP contribution in [0.2, 0.25) is 0 Å². The van der Waals surface area contributed by atoms with Crippen molar-refractivity contribution in [2.24, 2.45) is 5.92 Å². The lowest BCUT2D eigenvalue weighted by Crippen LogP contribution is -2.49. The molecule has 0 unspecified atom stereocenters. The van der Waals surface area contributed by atoms with Gasteiger partial charge in [-0.2, -0.15) is 13.2 Å². The van der Waals surface area contributed by atoms with E-state index in [-0.39, 0.29) is 5.92 Å². The summed E-state index contributed by atoms with van der Waals surface area (Å²) in [5, 5.41) is 8.93. The molecule has 2 aromatic carbocycles. The van der Waals surface area contributed by atoms with Gasteiger partial charge < -0.3 is 10.0 Å². The number of nitrogens with zero attached hydrogens (tertiary/aromatic N) is 2. The van der Waals surface area contributed by atoms with Gasteiger partial charge in [0.15, 0.2) is 0 Å². The molecule has 2 aliphatic heterocycles. The fourth-order valence-corrected chi connectivity index (χ4v) is 3.88. The fourth-order valence-electron chi connectivity index (χ4n) is 3.88. The van der Waals surface area contributed by atoms with E-state index in [1.165, 1.54) is 6.07 Å². The van der Waals surface area contributed by atoms with Crippen LogP contribution in [0.25, 0.3) is 0 Å². The number of aliphatic carboxylic acids is 1. The van der Waals surface area contributed by atoms with Crippen LogP contribution in [0, 0.1) is 5.92 Å². The second-order valence-electron chi connectivity index (χ2n) is 7.55. The summed E-state index contributed by atoms with van der Waals surface area (Å²) in [5.41, 5.74) is 3.19. The molecule has 0 saturated carbocycles. The topological polar surface area (TPSA) is 43.8 Å². The van der Waals surface area contributed by atoms with Gasteiger partial charge in [-0.3, -0.25) is 9.69 Å². The molecule has 2 aromatic rings. The Morgan fingerprint density at radius 1 is 1.07 bits per heavy atom. The van der Waals surface area contributed by atoms with Crippen molar-refractivity contribution in [1.29, 1.82) is 0 Å². The van der Waals surface area contributed by atoms with Crippen molar-refractivity contribution in [2.45, 2.75) is 25.7 Å². The Balaban J connectivity index is 1.41. The Hall–Kier alpha value is -2.54. The average Bonchev–Trinajstić information content (AvgIpc) is 2.63. The smallest absolute Gasteiger partial charge is 0.416 e. The van der Waals surface area contributed by atoms with Crippen LogP contribution >= 0.6 is 0 Å². The molecule has 0 radical (unpaired) electrons. The fraction of sp³-hybridized carbons (Fsp3) is 0.381. The van der Waals surface area contributed by atoms with Gasteiger partial charge in [0, 0.05) is 38.4 Å². The summed E-state index contributed by atoms with van der Waals surface area (Å²) in [6.45, 7) is 3.08. The largest absolute Gasteiger partial charge is 0.481 e. The predicted molar refractivity (Wildman–Crippen MR) is 99.0 cm³/mol. The molecule has 4 nitrogen and oxygen atoms in total. The third-order valence-corrected chi connectivity index (χ3v) is 5.56. The van der Waals surface area contributed by atoms with Crippen LogP contribution in [0.15, 0.2) is 42.5 Å². The molecule has 1 fully saturated rings. The third-order valence-electron chi connectivity index (χ3n) is 5.56. The van der Waals surface area contributed by atoms with Crippen LogP contribution in [-0.4, -0.2) is 35.6 Å². The molecule has 1 saturated heterocycles. The number of hydrogen-bond acceptors (Lipinski definition) is 3. The van der Waals surface area contributed by atoms with E-state index in [0.717, 1.165) is 41.4 Å². The number of alkyl halides is 3. The van der Waals surface area contributed by atoms with Crippen molar-refractivity contribution in [1.82, 2.24) is 4.90 Å². The maximum absolute atomic E-state index is 13.0. The number of rotatable bonds is 4. The molecule has 7 heteroatoms. The van der Waals surface area contributed by atoms with Gasteiger partial charge in [0.1, 0.15) is 0 Å². The Kier molecular flexibility index (Phi) is 4.79. The summed E-state index contributed by atoms with van der Waals surface area (Å²) in [4.78, 5) is 15.0. The molecule has 0 aromatic heterocycles. The highest BCUT2D eigenvalue weighted by molar-refractivity contribution is 5.71. The normalized spacial score (nSPS) is 17.9. The first-order chi connectivity index (χ1) is 13.3. The summed E-state index contributed by atoms with van der Waals surface area (Å²) in [6, 6.07) is 12.0. The minimum absolute atomic E-state index is 0.269. The quantitative estimate of drug-likeness (QED) is 0.863. The number of carbonyl (C=O) groups is 1. The first kappa shape index (κ1) is 18.8. The van der Waals surface area contributed by atoms with Gasteiger partial charge in [0.05, 0.1) is 11.5 Å². The van der Waals surface area contributed by atoms with Crippen LogP contribution < -0.4 is 4.90 Å². The van der Waals surface area contributed by atoms with Gasteiger partial charge in [-0.05, 0) is 47.4 Å². The highest BCUT2D eigenvalue weighted by atomic mass is 19.4. The van der Waals surface area contributed by atoms with Gasteiger partial charge in [-0.25, -0.2) is 0 Å². The minimum atomic E-state index is -4.32. The number of anilines is 1. The van der Waals surface area contributed by atoms with Gasteiger partial charge in [0.2, 0.25) is 0 Å². The van der Waals surface area contributed by atoms with Crippen molar-refractivity contribution in [3.05, 3.63) is 64.7 Å². The number of hydrogen-bond donors (Lipinski definition) is 1. The lowest BCUT2D eigenvalue weighted by Gasteiger charge is -2.36. The molecule has 28 heavy (non-hydrogen) atoms. The summed E-state index contributed by atoms with van der Waals surface area (Å²) in [5.74, 6) is -1.01. The van der Waals surface area contributed by atoms with E-state index in [1.54, 1.807) is 6.07 Å². The van der Waals surface area contributed by atoms with Crippen LogP contribution in [0.3, 0.4) is 0 Å². The lowest BCUT2D eigenvalue weighted by atomic mass is 9.96. The summed E-state index contributed by atoms with van der Waals surface area (Å²) in [6.07, 6.45) is -3.60. The Morgan fingerprint density at radius 2 is 1.79 bits per heavy atom. The van der Waals surface area contributed by atoms with Gasteiger partial charge in [-0.1, -0.05) is 18.2 Å². The molecule has 148 valence electrons. The Bertz CT molecular complexity index is 874. The zero-order valence-corrected chi connectivity index (χ0v) is 15.2. The van der Waals surface area contributed by atoms with E-state index >= 15 is 0 Å². The van der Waals surface area contributed by atoms with Gasteiger partial charge in [0.25, 0.3) is 0 Å². The molecule has 2 aliphatic rings. The molecule has 1 N–H and O–H groups in total. The first-order valence-corrected chi connectivity index (χ1v) is 9.27. The highest BCUT2D eigenvalue weighted by Crippen LogP contribution is 2.33. The van der Waals surface area contributed by atoms with Crippen molar-refractivity contribution >= 4 is 11.7 Å². The highest BCUT2D eigenvalue weighted by Gasteiger charge is 2.33. The second kappa shape index (κ2) is 7.13. The van der Waals surface area contributed by atoms with Crippen LogP contribution in [0.1, 0.15) is 22.3 Å². The van der Waals surface area contributed by atoms with Crippen molar-refractivity contribution in [3.8, 4) is 0 Å². The zero-order chi connectivity index (χ0) is 19.9. The predicted octanol–water partition coefficient (Wildman–Crippen LogP) is 3.78. The number of likely N-dealkylation sites (tertiary alicyclic amines) is 1. The minimum Gasteiger partial charge on any atom is -0.481 e. The van der Waals surface area contributed by atoms with Gasteiger partial charge in [-0.15, -0.1) is 0 Å². The molecule has 0 bridgehead atoms. The third kappa shape index (κ3) is 3.85. The number of carboxylic acid groups (broad SMARTS) is 1. The second-order valence-corrected chi connectivity index (χ2v) is 7.55. The molecule has 0 aliphatic carbocycles. The molecule has 2 heterocycles. The van der Waals surface area contributed by atoms with Gasteiger partial charge >= 0.3 is 12.1 Å². The summed E-state index contributed by atoms with van der Waals surface area (Å²) in [7, 11) is 0. The zero-order valence-electron chi connectivity index (χ0n) is 15.2. The number of carboxylic acids is 1. The maximum atomic E-state index is 13.0. The Labute approximate surface area is 161 Å². The van der Waals surface area contributed by atoms with E-state index in [1.807, 2.05) is 24.3 Å². The number of benzene rings is 2. The first-order valence-electron chi connectivity index (χ1n) is 9.27. The molecule has 0 amide bonds. The molecular weight excluding hydrogens is 369 g/mol. The van der Waals surface area contributed by atoms with E-state index in [2.05, 4.69) is 9.80 Å². The average molecular weight is 390 g/mol. The SMILES string of the molecule is O=C(O)C1CN(Cc2ccc(N3CCc4ccc(C(F)(F)F)cc4C3)cc2)C1. The van der Waals surface area contributed by atoms with Crippen molar-refractivity contribution < 1.29 is 23.1 Å². The van der Waals surface area contributed by atoms with Crippen molar-refractivity contribution in [2.75, 3.05) is 24.5 Å². The van der Waals surface area contributed by atoms with E-state index < -0.39 is 17.7 Å². The lowest BCUT2D eigenvalue weighted by molar-refractivity contribution is -0.147. The van der Waals surface area contributed by atoms with Crippen molar-refractivity contribution in [3.63, 3.8) is 0 Å². The number of fused-ring (bicyclic) bond motifs is 1. The maximum Gasteiger partial charge on any atom is 0.416 e. The molecule has 0 atom stereocenters. The van der Waals surface area contributed by atoms with Crippen LogP contribution in [-0.2, 0) is 30.5 Å². The monoisotopic (exact) mass is 390 g/mol. The van der Waals surface area contributed by atoms with Crippen LogP contribution in [0.4, 0.5) is 18.9 Å². The number of halogens is 3. The van der Waals surface area contributed by atoms with Crippen LogP contribution in [0.5, 0.6) is 0 Å². The Morgan fingerprint density at radius 3 is 2.43 bits per heavy atom. The summed E-state index contributed by atoms with van der Waals surface area (Å²) < 4.78 is 38.9. The molecular formula is C21H21F3N2O2. The standard InChI is InChI=1S/C21H21F3N2O2/c22-21(23,24)18-4-3-15-7-8-26(13-16(15)9-18)19-5-1-14(2-6-19)10-25-11-17(12-25)20(27)28/h1-6,9,17H,7-8,10-13H2,(H,27,28). The van der Waals surface area contributed by atoms with E-state index in [4.69, 9.17) is 5.11 Å². The van der Waals surface area contributed by atoms with E-state index in [9.17, 15) is 18.0 Å². The van der Waals surface area contributed by atoms with E-state index in [0.29, 0.717) is 26.2 Å². The molecule has 4 rings (SSSR count). The molecule has 0 spiro atoms.